The van der Waals surface area contributed by atoms with Crippen LogP contribution in [0.4, 0.5) is 0 Å². The summed E-state index contributed by atoms with van der Waals surface area (Å²) >= 11 is 0. The molecule has 6 bridgehead atoms. The highest BCUT2D eigenvalue weighted by atomic mass is 28.4. The SMILES string of the molecule is CC1=C[C@]23C(=O)[C@@H]([C@H](O[Si](C)(C)C(C)(C)C)[C@H](C)C[C@@H]2C1)[C@H]1[C@@H](C[C@H]3C)C1(C)C.CC1=C[C@]23C(=O)[C@@H]([C@H](O[Si](C)(C)C(C)(C)C)[C@H](C)C[C@@H]2C1=O)[C@H]1[C@@H](C[C@H]3C)C1(C)C.CC1=C[C@]23C(=O)[C@@H]([C@H](O[Si](C)(C)C(C)(C)C)[C@H](C)C[C@@H]2[C@H]1O)[C@H]1[C@@H](C[C@H]3C)C1(C)C. The largest absolute Gasteiger partial charge is 0.413 e. The minimum Gasteiger partial charge on any atom is -0.413 e. The number of Topliss-reactive ketones (excluding diaryl/α,β-unsaturated/α-hetero) is 4. The lowest BCUT2D eigenvalue weighted by atomic mass is 9.62. The third kappa shape index (κ3) is 10.4. The molecule has 0 saturated heterocycles. The lowest BCUT2D eigenvalue weighted by Gasteiger charge is -2.43. The molecule has 1 N–H and O–H groups in total. The fraction of sp³-hybridized carbons (Fsp3) is 0.872. The van der Waals surface area contributed by atoms with Gasteiger partial charge in [0.05, 0.1) is 40.7 Å². The van der Waals surface area contributed by atoms with Gasteiger partial charge in [-0.15, -0.1) is 0 Å². The zero-order chi connectivity index (χ0) is 66.9. The van der Waals surface area contributed by atoms with Crippen LogP contribution in [-0.2, 0) is 32.5 Å². The Kier molecular flexibility index (Phi) is 17.1. The fourth-order valence-corrected chi connectivity index (χ4v) is 26.3. The van der Waals surface area contributed by atoms with E-state index in [0.29, 0.717) is 70.6 Å². The average molecular weight is 1280 g/mol. The molecule has 9 fully saturated rings. The summed E-state index contributed by atoms with van der Waals surface area (Å²) in [6.07, 6.45) is 13.5. The molecule has 25 atom stereocenters. The molecule has 11 heteroatoms. The van der Waals surface area contributed by atoms with Gasteiger partial charge in [-0.3, -0.25) is 19.2 Å². The Bertz CT molecular complexity index is 2960. The number of ketones is 4. The zero-order valence-electron chi connectivity index (χ0n) is 62.2. The summed E-state index contributed by atoms with van der Waals surface area (Å²) in [7, 11) is -6.04. The van der Waals surface area contributed by atoms with Gasteiger partial charge >= 0.3 is 0 Å². The summed E-state index contributed by atoms with van der Waals surface area (Å²) < 4.78 is 21.4. The van der Waals surface area contributed by atoms with Gasteiger partial charge < -0.3 is 18.4 Å². The molecule has 0 radical (unpaired) electrons. The number of aliphatic hydroxyl groups is 1. The normalized spacial score (nSPS) is 46.4. The summed E-state index contributed by atoms with van der Waals surface area (Å²) in [4.78, 5) is 56.8. The predicted octanol–water partition coefficient (Wildman–Crippen LogP) is 18.7. The van der Waals surface area contributed by atoms with Crippen molar-refractivity contribution in [2.75, 3.05) is 0 Å². The highest BCUT2D eigenvalue weighted by Gasteiger charge is 2.76. The quantitative estimate of drug-likeness (QED) is 0.207. The van der Waals surface area contributed by atoms with Crippen molar-refractivity contribution in [2.24, 2.45) is 139 Å². The minimum absolute atomic E-state index is 0.00567. The molecule has 0 aliphatic heterocycles. The summed E-state index contributed by atoms with van der Waals surface area (Å²) in [6, 6.07) is 0. The Morgan fingerprint density at radius 3 is 1.18 bits per heavy atom. The van der Waals surface area contributed by atoms with Crippen LogP contribution in [-0.4, -0.2) is 77.6 Å². The molecule has 0 aromatic rings. The molecule has 0 aromatic carbocycles. The topological polar surface area (TPSA) is 116 Å². The second-order valence-corrected chi connectivity index (χ2v) is 54.3. The van der Waals surface area contributed by atoms with Crippen molar-refractivity contribution in [1.29, 1.82) is 0 Å². The van der Waals surface area contributed by atoms with E-state index in [0.717, 1.165) is 49.7 Å². The maximum Gasteiger partial charge on any atom is 0.192 e. The second kappa shape index (κ2) is 21.7. The molecule has 502 valence electrons. The van der Waals surface area contributed by atoms with Gasteiger partial charge in [-0.2, -0.15) is 0 Å². The number of carbonyl (C=O) groups is 4. The number of carbonyl (C=O) groups excluding carboxylic acids is 4. The number of fused-ring (bicyclic) bond motifs is 9. The Morgan fingerprint density at radius 1 is 0.449 bits per heavy atom. The van der Waals surface area contributed by atoms with Crippen molar-refractivity contribution in [3.05, 3.63) is 34.9 Å². The van der Waals surface area contributed by atoms with Crippen LogP contribution in [0.15, 0.2) is 34.9 Å². The van der Waals surface area contributed by atoms with Crippen LogP contribution in [0.25, 0.3) is 0 Å². The van der Waals surface area contributed by atoms with E-state index < -0.39 is 41.9 Å². The van der Waals surface area contributed by atoms with Crippen molar-refractivity contribution in [1.82, 2.24) is 0 Å². The third-order valence-corrected chi connectivity index (χ3v) is 44.2. The van der Waals surface area contributed by atoms with Gasteiger partial charge in [0.1, 0.15) is 17.3 Å². The zero-order valence-corrected chi connectivity index (χ0v) is 65.2. The summed E-state index contributed by atoms with van der Waals surface area (Å²) in [6.45, 7) is 68.8. The van der Waals surface area contributed by atoms with Crippen molar-refractivity contribution in [2.45, 2.75) is 290 Å². The molecule has 12 aliphatic rings. The summed E-state index contributed by atoms with van der Waals surface area (Å²) in [5, 5.41) is 11.5. The number of hydrogen-bond acceptors (Lipinski definition) is 8. The fourth-order valence-electron chi connectivity index (χ4n) is 22.0. The Hall–Kier alpha value is -1.61. The van der Waals surface area contributed by atoms with E-state index in [-0.39, 0.29) is 114 Å². The van der Waals surface area contributed by atoms with Crippen molar-refractivity contribution in [3.8, 4) is 0 Å². The van der Waals surface area contributed by atoms with E-state index in [9.17, 15) is 24.3 Å². The highest BCUT2D eigenvalue weighted by Crippen LogP contribution is 2.76. The van der Waals surface area contributed by atoms with Crippen molar-refractivity contribution in [3.63, 3.8) is 0 Å². The molecule has 0 unspecified atom stereocenters. The van der Waals surface area contributed by atoms with Crippen LogP contribution in [0.5, 0.6) is 0 Å². The molecule has 12 rings (SSSR count). The first-order valence-electron chi connectivity index (χ1n) is 36.2. The second-order valence-electron chi connectivity index (χ2n) is 40.0. The molecule has 0 aromatic heterocycles. The Labute approximate surface area is 546 Å². The van der Waals surface area contributed by atoms with Crippen molar-refractivity contribution >= 4 is 48.1 Å². The molecule has 8 nitrogen and oxygen atoms in total. The van der Waals surface area contributed by atoms with Crippen LogP contribution < -0.4 is 0 Å². The maximum absolute atomic E-state index is 14.5. The monoisotopic (exact) mass is 1280 g/mol. The van der Waals surface area contributed by atoms with Crippen LogP contribution in [0.2, 0.25) is 54.4 Å². The van der Waals surface area contributed by atoms with Crippen LogP contribution >= 0.6 is 0 Å². The molecular formula is C78H130O8Si3. The number of aliphatic hydroxyl groups excluding tert-OH is 1. The van der Waals surface area contributed by atoms with Gasteiger partial charge in [0.15, 0.2) is 30.7 Å². The summed E-state index contributed by atoms with van der Waals surface area (Å²) in [5.74, 6) is 6.74. The van der Waals surface area contributed by atoms with Gasteiger partial charge in [0.25, 0.3) is 0 Å². The average Bonchev–Trinajstić information content (AvgIpc) is 1.53. The first-order valence-corrected chi connectivity index (χ1v) is 45.0. The van der Waals surface area contributed by atoms with E-state index in [1.54, 1.807) is 0 Å². The van der Waals surface area contributed by atoms with Gasteiger partial charge in [0.2, 0.25) is 0 Å². The standard InChI is InChI=1S/C26H44O3Si.C26H42O3Si.C26H44O2Si/c2*1-14-11-18-21(27)15(2)13-26(18)16(3)12-17-20(25(17,7)8)19(23(26)28)22(14)29-30(9,10)24(4,5)6;1-15-11-18-12-16(2)22(28-29(9,10)24(4,5)6)20-21-19(25(21,7)8)13-17(3)26(18,14-15)23(20)27/h13-14,16-22,27H,11-12H2,1-10H3;13-14,16-20,22H,11-12H2,1-10H3;14,16-22H,11-13H2,1-10H3/t14-,16-,17-,18-,19-,20-,21+,22-,26-;14-,16-,17-,18-,19-,20-,22-,26-;16-,17-,18+,19-,20-,21-,22-,26-/m111/s1. The van der Waals surface area contributed by atoms with Crippen LogP contribution in [0.1, 0.15) is 211 Å². The lowest BCUT2D eigenvalue weighted by Crippen LogP contribution is -2.51. The van der Waals surface area contributed by atoms with Gasteiger partial charge in [-0.1, -0.05) is 169 Å². The van der Waals surface area contributed by atoms with Crippen LogP contribution in [0.3, 0.4) is 0 Å². The number of hydrogen-bond donors (Lipinski definition) is 1. The predicted molar refractivity (Wildman–Crippen MR) is 371 cm³/mol. The first kappa shape index (κ1) is 70.2. The molecule has 0 amide bonds. The van der Waals surface area contributed by atoms with Crippen LogP contribution in [0, 0.1) is 139 Å². The van der Waals surface area contributed by atoms with E-state index >= 15 is 0 Å². The third-order valence-electron chi connectivity index (χ3n) is 30.8. The van der Waals surface area contributed by atoms with E-state index in [2.05, 4.69) is 210 Å². The molecule has 3 spiro atoms. The van der Waals surface area contributed by atoms with Gasteiger partial charge in [-0.05, 0) is 224 Å². The molecule has 0 heterocycles. The first-order chi connectivity index (χ1) is 40.3. The molecule has 12 aliphatic carbocycles. The summed E-state index contributed by atoms with van der Waals surface area (Å²) in [5.41, 5.74) is 2.61. The Balaban J connectivity index is 0.000000147. The number of allylic oxidation sites excluding steroid dienone is 5. The van der Waals surface area contributed by atoms with Crippen molar-refractivity contribution < 1.29 is 37.6 Å². The van der Waals surface area contributed by atoms with E-state index in [4.69, 9.17) is 13.3 Å². The lowest BCUT2D eigenvalue weighted by molar-refractivity contribution is -0.140. The molecule has 9 saturated carbocycles. The van der Waals surface area contributed by atoms with E-state index in [1.165, 1.54) is 12.0 Å². The maximum atomic E-state index is 14.5. The minimum atomic E-state index is -2.05. The smallest absolute Gasteiger partial charge is 0.192 e. The van der Waals surface area contributed by atoms with Gasteiger partial charge in [0, 0.05) is 29.6 Å². The highest BCUT2D eigenvalue weighted by molar-refractivity contribution is 6.75. The van der Waals surface area contributed by atoms with Gasteiger partial charge in [-0.25, -0.2) is 0 Å². The molecular weight excluding hydrogens is 1150 g/mol. The van der Waals surface area contributed by atoms with E-state index in [1.807, 2.05) is 13.8 Å². The number of rotatable bonds is 6. The molecule has 89 heavy (non-hydrogen) atoms. The Morgan fingerprint density at radius 2 is 0.787 bits per heavy atom.